The van der Waals surface area contributed by atoms with Crippen LogP contribution in [0.1, 0.15) is 6.42 Å². The van der Waals surface area contributed by atoms with Crippen molar-refractivity contribution in [1.29, 1.82) is 0 Å². The molecule has 0 saturated carbocycles. The molecule has 7 nitrogen and oxygen atoms in total. The van der Waals surface area contributed by atoms with Crippen LogP contribution in [0.25, 0.3) is 0 Å². The molecule has 2 heterocycles. The fourth-order valence-corrected chi connectivity index (χ4v) is 1.87. The number of aromatic nitrogens is 3. The summed E-state index contributed by atoms with van der Waals surface area (Å²) in [5, 5.41) is 10.6. The van der Waals surface area contributed by atoms with Crippen molar-refractivity contribution in [2.24, 2.45) is 4.99 Å². The molecule has 2 aromatic rings. The number of hydrogen-bond donors (Lipinski definition) is 2. The van der Waals surface area contributed by atoms with E-state index in [9.17, 15) is 0 Å². The van der Waals surface area contributed by atoms with Crippen LogP contribution in [0.5, 0.6) is 5.75 Å². The van der Waals surface area contributed by atoms with Gasteiger partial charge < -0.3 is 15.4 Å². The van der Waals surface area contributed by atoms with Crippen molar-refractivity contribution >= 4 is 5.96 Å². The Balaban J connectivity index is 1.55. The SMILES string of the molecule is CN=C(NCCCn1cccn1)NCCOc1cccnc1. The summed E-state index contributed by atoms with van der Waals surface area (Å²) in [5.74, 6) is 1.54. The Labute approximate surface area is 130 Å². The van der Waals surface area contributed by atoms with Gasteiger partial charge in [-0.1, -0.05) is 0 Å². The second kappa shape index (κ2) is 9.38. The summed E-state index contributed by atoms with van der Waals surface area (Å²) in [5.41, 5.74) is 0. The van der Waals surface area contributed by atoms with Crippen LogP contribution < -0.4 is 15.4 Å². The second-order valence-electron chi connectivity index (χ2n) is 4.59. The summed E-state index contributed by atoms with van der Waals surface area (Å²) in [4.78, 5) is 8.17. The van der Waals surface area contributed by atoms with Crippen LogP contribution in [0.3, 0.4) is 0 Å². The third-order valence-corrected chi connectivity index (χ3v) is 2.94. The summed E-state index contributed by atoms with van der Waals surface area (Å²) in [6, 6.07) is 5.66. The van der Waals surface area contributed by atoms with E-state index in [2.05, 4.69) is 25.7 Å². The molecule has 0 radical (unpaired) electrons. The maximum absolute atomic E-state index is 5.56. The van der Waals surface area contributed by atoms with Crippen LogP contribution in [0, 0.1) is 0 Å². The molecule has 0 aliphatic carbocycles. The topological polar surface area (TPSA) is 76.4 Å². The lowest BCUT2D eigenvalue weighted by atomic mass is 10.4. The third kappa shape index (κ3) is 5.82. The zero-order valence-electron chi connectivity index (χ0n) is 12.8. The van der Waals surface area contributed by atoms with E-state index < -0.39 is 0 Å². The quantitative estimate of drug-likeness (QED) is 0.431. The molecule has 0 saturated heterocycles. The lowest BCUT2D eigenvalue weighted by Crippen LogP contribution is -2.39. The van der Waals surface area contributed by atoms with Crippen LogP contribution in [-0.4, -0.2) is 47.5 Å². The molecule has 0 fully saturated rings. The number of hydrogen-bond acceptors (Lipinski definition) is 4. The van der Waals surface area contributed by atoms with Crippen molar-refractivity contribution in [2.45, 2.75) is 13.0 Å². The zero-order valence-corrected chi connectivity index (χ0v) is 12.8. The van der Waals surface area contributed by atoms with Crippen LogP contribution in [0.15, 0.2) is 48.0 Å². The van der Waals surface area contributed by atoms with Crippen LogP contribution >= 0.6 is 0 Å². The number of aryl methyl sites for hydroxylation is 1. The first-order valence-electron chi connectivity index (χ1n) is 7.33. The Morgan fingerprint density at radius 3 is 2.91 bits per heavy atom. The summed E-state index contributed by atoms with van der Waals surface area (Å²) in [6.45, 7) is 2.96. The fourth-order valence-electron chi connectivity index (χ4n) is 1.87. The number of nitrogens with one attached hydrogen (secondary N) is 2. The molecule has 7 heteroatoms. The van der Waals surface area contributed by atoms with Crippen LogP contribution in [0.4, 0.5) is 0 Å². The van der Waals surface area contributed by atoms with E-state index in [-0.39, 0.29) is 0 Å². The van der Waals surface area contributed by atoms with Gasteiger partial charge in [-0.05, 0) is 24.6 Å². The minimum absolute atomic E-state index is 0.555. The number of ether oxygens (including phenoxy) is 1. The first-order chi connectivity index (χ1) is 10.9. The monoisotopic (exact) mass is 302 g/mol. The smallest absolute Gasteiger partial charge is 0.191 e. The zero-order chi connectivity index (χ0) is 15.5. The van der Waals surface area contributed by atoms with Gasteiger partial charge >= 0.3 is 0 Å². The van der Waals surface area contributed by atoms with Gasteiger partial charge in [0.1, 0.15) is 12.4 Å². The number of rotatable bonds is 8. The van der Waals surface area contributed by atoms with Crippen LogP contribution in [-0.2, 0) is 6.54 Å². The van der Waals surface area contributed by atoms with Gasteiger partial charge in [-0.2, -0.15) is 5.10 Å². The number of pyridine rings is 1. The second-order valence-corrected chi connectivity index (χ2v) is 4.59. The molecule has 2 rings (SSSR count). The van der Waals surface area contributed by atoms with E-state index in [1.807, 2.05) is 29.1 Å². The molecular weight excluding hydrogens is 280 g/mol. The lowest BCUT2D eigenvalue weighted by molar-refractivity contribution is 0.320. The van der Waals surface area contributed by atoms with Gasteiger partial charge in [-0.25, -0.2) is 0 Å². The molecule has 0 aromatic carbocycles. The summed E-state index contributed by atoms with van der Waals surface area (Å²) >= 11 is 0. The Morgan fingerprint density at radius 1 is 1.27 bits per heavy atom. The molecule has 0 bridgehead atoms. The van der Waals surface area contributed by atoms with E-state index in [0.717, 1.165) is 31.2 Å². The molecular formula is C15H22N6O. The first-order valence-corrected chi connectivity index (χ1v) is 7.33. The van der Waals surface area contributed by atoms with Gasteiger partial charge in [0.05, 0.1) is 12.7 Å². The van der Waals surface area contributed by atoms with Gasteiger partial charge in [-0.15, -0.1) is 0 Å². The number of aliphatic imine (C=N–C) groups is 1. The molecule has 0 unspecified atom stereocenters. The van der Waals surface area contributed by atoms with E-state index in [0.29, 0.717) is 13.2 Å². The van der Waals surface area contributed by atoms with Crippen molar-refractivity contribution in [2.75, 3.05) is 26.7 Å². The molecule has 22 heavy (non-hydrogen) atoms. The molecule has 2 aromatic heterocycles. The highest BCUT2D eigenvalue weighted by Crippen LogP contribution is 2.04. The van der Waals surface area contributed by atoms with Crippen LogP contribution in [0.2, 0.25) is 0 Å². The number of guanidine groups is 1. The Bertz CT molecular complexity index is 540. The normalized spacial score (nSPS) is 11.2. The van der Waals surface area contributed by atoms with E-state index >= 15 is 0 Å². The van der Waals surface area contributed by atoms with E-state index in [1.54, 1.807) is 25.6 Å². The largest absolute Gasteiger partial charge is 0.490 e. The van der Waals surface area contributed by atoms with Crippen molar-refractivity contribution in [3.05, 3.63) is 43.0 Å². The first kappa shape index (κ1) is 15.8. The van der Waals surface area contributed by atoms with Crippen molar-refractivity contribution in [3.8, 4) is 5.75 Å². The summed E-state index contributed by atoms with van der Waals surface area (Å²) in [7, 11) is 1.75. The Hall–Kier alpha value is -2.57. The van der Waals surface area contributed by atoms with Gasteiger partial charge in [-0.3, -0.25) is 14.7 Å². The van der Waals surface area contributed by atoms with Crippen molar-refractivity contribution in [1.82, 2.24) is 25.4 Å². The van der Waals surface area contributed by atoms with E-state index in [1.165, 1.54) is 0 Å². The van der Waals surface area contributed by atoms with Crippen molar-refractivity contribution < 1.29 is 4.74 Å². The summed E-state index contributed by atoms with van der Waals surface area (Å²) in [6.07, 6.45) is 8.15. The molecule has 0 amide bonds. The maximum Gasteiger partial charge on any atom is 0.191 e. The van der Waals surface area contributed by atoms with Gasteiger partial charge in [0.15, 0.2) is 5.96 Å². The fraction of sp³-hybridized carbons (Fsp3) is 0.400. The minimum Gasteiger partial charge on any atom is -0.490 e. The molecule has 0 aliphatic rings. The average Bonchev–Trinajstić information content (AvgIpc) is 3.08. The van der Waals surface area contributed by atoms with E-state index in [4.69, 9.17) is 4.74 Å². The summed E-state index contributed by atoms with van der Waals surface area (Å²) < 4.78 is 7.47. The number of nitrogens with zero attached hydrogens (tertiary/aromatic N) is 4. The Morgan fingerprint density at radius 2 is 2.18 bits per heavy atom. The predicted molar refractivity (Wildman–Crippen MR) is 85.9 cm³/mol. The standard InChI is InChI=1S/C15H22N6O/c1-16-15(18-7-3-10-21-11-4-8-20-21)19-9-12-22-14-5-2-6-17-13-14/h2,4-6,8,11,13H,3,7,9-10,12H2,1H3,(H2,16,18,19). The average molecular weight is 302 g/mol. The van der Waals surface area contributed by atoms with Gasteiger partial charge in [0, 0.05) is 38.7 Å². The predicted octanol–water partition coefficient (Wildman–Crippen LogP) is 0.912. The minimum atomic E-state index is 0.555. The highest BCUT2D eigenvalue weighted by molar-refractivity contribution is 5.79. The molecule has 0 aliphatic heterocycles. The molecule has 0 spiro atoms. The maximum atomic E-state index is 5.56. The molecule has 0 atom stereocenters. The molecule has 118 valence electrons. The van der Waals surface area contributed by atoms with Crippen molar-refractivity contribution in [3.63, 3.8) is 0 Å². The van der Waals surface area contributed by atoms with Gasteiger partial charge in [0.25, 0.3) is 0 Å². The highest BCUT2D eigenvalue weighted by Gasteiger charge is 1.98. The van der Waals surface area contributed by atoms with Gasteiger partial charge in [0.2, 0.25) is 0 Å². The highest BCUT2D eigenvalue weighted by atomic mass is 16.5. The third-order valence-electron chi connectivity index (χ3n) is 2.94. The Kier molecular flexibility index (Phi) is 6.74. The molecule has 2 N–H and O–H groups in total. The lowest BCUT2D eigenvalue weighted by Gasteiger charge is -2.12.